The lowest BCUT2D eigenvalue weighted by molar-refractivity contribution is 0.299. The van der Waals surface area contributed by atoms with Crippen LogP contribution in [0.15, 0.2) is 34.8 Å². The van der Waals surface area contributed by atoms with Crippen molar-refractivity contribution in [3.63, 3.8) is 0 Å². The molecule has 0 atom stereocenters. The Bertz CT molecular complexity index is 646. The monoisotopic (exact) mass is 353 g/mol. The van der Waals surface area contributed by atoms with Gasteiger partial charge in [-0.25, -0.2) is 4.39 Å². The zero-order chi connectivity index (χ0) is 15.4. The van der Waals surface area contributed by atoms with Gasteiger partial charge in [-0.15, -0.1) is 0 Å². The Morgan fingerprint density at radius 2 is 1.90 bits per heavy atom. The first kappa shape index (κ1) is 15.6. The molecule has 0 aromatic heterocycles. The summed E-state index contributed by atoms with van der Waals surface area (Å²) >= 11 is 3.43. The third-order valence-electron chi connectivity index (χ3n) is 2.83. The van der Waals surface area contributed by atoms with Crippen molar-refractivity contribution in [1.82, 2.24) is 0 Å². The number of nitrogen functional groups attached to an aromatic ring is 1. The summed E-state index contributed by atoms with van der Waals surface area (Å²) in [6, 6.07) is 8.38. The molecule has 112 valence electrons. The van der Waals surface area contributed by atoms with Gasteiger partial charge in [0.2, 0.25) is 0 Å². The van der Waals surface area contributed by atoms with Crippen LogP contribution >= 0.6 is 15.9 Å². The Balaban J connectivity index is 2.30. The molecule has 2 rings (SSSR count). The van der Waals surface area contributed by atoms with Crippen molar-refractivity contribution >= 4 is 21.6 Å². The molecule has 3 nitrogen and oxygen atoms in total. The maximum Gasteiger partial charge on any atom is 0.167 e. The van der Waals surface area contributed by atoms with E-state index in [2.05, 4.69) is 15.9 Å². The molecule has 0 bridgehead atoms. The van der Waals surface area contributed by atoms with Crippen LogP contribution in [-0.4, -0.2) is 6.61 Å². The van der Waals surface area contributed by atoms with Crippen LogP contribution < -0.4 is 15.2 Å². The van der Waals surface area contributed by atoms with Crippen molar-refractivity contribution in [3.05, 3.63) is 46.2 Å². The van der Waals surface area contributed by atoms with Crippen molar-refractivity contribution in [2.45, 2.75) is 20.3 Å². The summed E-state index contributed by atoms with van der Waals surface area (Å²) in [5, 5.41) is 0. The summed E-state index contributed by atoms with van der Waals surface area (Å²) in [6.45, 7) is 4.38. The Kier molecular flexibility index (Phi) is 5.07. The van der Waals surface area contributed by atoms with E-state index >= 15 is 0 Å². The predicted molar refractivity (Wildman–Crippen MR) is 85.6 cm³/mol. The lowest BCUT2D eigenvalue weighted by Gasteiger charge is -2.13. The van der Waals surface area contributed by atoms with Crippen LogP contribution in [0.3, 0.4) is 0 Å². The molecule has 21 heavy (non-hydrogen) atoms. The molecule has 2 aromatic carbocycles. The summed E-state index contributed by atoms with van der Waals surface area (Å²) < 4.78 is 25.7. The molecule has 0 heterocycles. The highest BCUT2D eigenvalue weighted by Gasteiger charge is 2.12. The molecular weight excluding hydrogens is 337 g/mol. The second-order valence-electron chi connectivity index (χ2n) is 4.70. The lowest BCUT2D eigenvalue weighted by Crippen LogP contribution is -2.00. The van der Waals surface area contributed by atoms with E-state index in [1.807, 2.05) is 32.0 Å². The van der Waals surface area contributed by atoms with Crippen LogP contribution in [0.5, 0.6) is 17.2 Å². The van der Waals surface area contributed by atoms with Gasteiger partial charge in [0, 0.05) is 12.1 Å². The first-order chi connectivity index (χ1) is 10.0. The highest BCUT2D eigenvalue weighted by molar-refractivity contribution is 9.10. The highest BCUT2D eigenvalue weighted by atomic mass is 79.9. The Morgan fingerprint density at radius 3 is 2.57 bits per heavy atom. The molecule has 0 saturated carbocycles. The number of halogens is 2. The molecule has 2 N–H and O–H groups in total. The van der Waals surface area contributed by atoms with Gasteiger partial charge in [0.15, 0.2) is 17.3 Å². The van der Waals surface area contributed by atoms with Crippen LogP contribution in [0.25, 0.3) is 0 Å². The first-order valence-corrected chi connectivity index (χ1v) is 7.46. The van der Waals surface area contributed by atoms with Crippen LogP contribution in [0.4, 0.5) is 10.1 Å². The highest BCUT2D eigenvalue weighted by Crippen LogP contribution is 2.36. The number of hydrogen-bond donors (Lipinski definition) is 1. The molecule has 0 unspecified atom stereocenters. The molecule has 2 aromatic rings. The number of benzene rings is 2. The van der Waals surface area contributed by atoms with Crippen molar-refractivity contribution in [1.29, 1.82) is 0 Å². The molecule has 0 aliphatic rings. The zero-order valence-corrected chi connectivity index (χ0v) is 13.5. The molecule has 0 saturated heterocycles. The Morgan fingerprint density at radius 1 is 1.14 bits per heavy atom. The Labute approximate surface area is 132 Å². The van der Waals surface area contributed by atoms with Gasteiger partial charge in [-0.3, -0.25) is 0 Å². The second-order valence-corrected chi connectivity index (χ2v) is 5.56. The third-order valence-corrected chi connectivity index (χ3v) is 3.45. The van der Waals surface area contributed by atoms with E-state index in [0.717, 1.165) is 16.5 Å². The third kappa shape index (κ3) is 3.88. The average molecular weight is 354 g/mol. The fourth-order valence-corrected chi connectivity index (χ4v) is 2.34. The van der Waals surface area contributed by atoms with Crippen LogP contribution in [0, 0.1) is 12.7 Å². The number of aryl methyl sites for hydroxylation is 1. The molecular formula is C16H17BrFNO2. The van der Waals surface area contributed by atoms with Gasteiger partial charge in [-0.1, -0.05) is 13.0 Å². The molecule has 0 radical (unpaired) electrons. The number of anilines is 1. The molecule has 0 fully saturated rings. The maximum atomic E-state index is 13.8. The van der Waals surface area contributed by atoms with Crippen LogP contribution in [0.1, 0.15) is 18.9 Å². The van der Waals surface area contributed by atoms with E-state index < -0.39 is 5.82 Å². The van der Waals surface area contributed by atoms with Crippen molar-refractivity contribution in [3.8, 4) is 17.2 Å². The standard InChI is InChI=1S/C16H17BrFNO2/c1-3-6-20-15-9-16(13(19)8-12(15)18)21-14-5-4-10(2)7-11(14)17/h4-5,7-9H,3,6,19H2,1-2H3. The van der Waals surface area contributed by atoms with Crippen LogP contribution in [0.2, 0.25) is 0 Å². The maximum absolute atomic E-state index is 13.8. The normalized spacial score (nSPS) is 10.5. The SMILES string of the molecule is CCCOc1cc(Oc2ccc(C)cc2Br)c(N)cc1F. The largest absolute Gasteiger partial charge is 0.490 e. The van der Waals surface area contributed by atoms with Gasteiger partial charge in [-0.2, -0.15) is 0 Å². The van der Waals surface area contributed by atoms with Crippen LogP contribution in [-0.2, 0) is 0 Å². The summed E-state index contributed by atoms with van der Waals surface area (Å²) in [5.74, 6) is 0.632. The zero-order valence-electron chi connectivity index (χ0n) is 12.0. The number of hydrogen-bond acceptors (Lipinski definition) is 3. The second kappa shape index (κ2) is 6.80. The topological polar surface area (TPSA) is 44.5 Å². The fourth-order valence-electron chi connectivity index (χ4n) is 1.77. The van der Waals surface area contributed by atoms with Gasteiger partial charge < -0.3 is 15.2 Å². The van der Waals surface area contributed by atoms with E-state index in [4.69, 9.17) is 15.2 Å². The van der Waals surface area contributed by atoms with Gasteiger partial charge >= 0.3 is 0 Å². The molecule has 0 spiro atoms. The van der Waals surface area contributed by atoms with Gasteiger partial charge in [-0.05, 0) is 47.0 Å². The molecule has 0 aliphatic carbocycles. The van der Waals surface area contributed by atoms with E-state index in [0.29, 0.717) is 18.1 Å². The quantitative estimate of drug-likeness (QED) is 0.764. The lowest BCUT2D eigenvalue weighted by atomic mass is 10.2. The minimum absolute atomic E-state index is 0.143. The molecule has 5 heteroatoms. The minimum Gasteiger partial charge on any atom is -0.490 e. The van der Waals surface area contributed by atoms with Gasteiger partial charge in [0.05, 0.1) is 16.8 Å². The number of rotatable bonds is 5. The van der Waals surface area contributed by atoms with E-state index in [1.54, 1.807) is 0 Å². The summed E-state index contributed by atoms with van der Waals surface area (Å²) in [6.07, 6.45) is 0.795. The van der Waals surface area contributed by atoms with E-state index in [1.165, 1.54) is 12.1 Å². The van der Waals surface area contributed by atoms with Crippen molar-refractivity contribution < 1.29 is 13.9 Å². The van der Waals surface area contributed by atoms with Gasteiger partial charge in [0.1, 0.15) is 5.75 Å². The number of nitrogens with two attached hydrogens (primary N) is 1. The fraction of sp³-hybridized carbons (Fsp3) is 0.250. The number of ether oxygens (including phenoxy) is 2. The summed E-state index contributed by atoms with van der Waals surface area (Å²) in [7, 11) is 0. The smallest absolute Gasteiger partial charge is 0.167 e. The van der Waals surface area contributed by atoms with Gasteiger partial charge in [0.25, 0.3) is 0 Å². The van der Waals surface area contributed by atoms with Crippen molar-refractivity contribution in [2.75, 3.05) is 12.3 Å². The average Bonchev–Trinajstić information content (AvgIpc) is 2.43. The Hall–Kier alpha value is -1.75. The predicted octanol–water partition coefficient (Wildman–Crippen LogP) is 5.06. The summed E-state index contributed by atoms with van der Waals surface area (Å²) in [4.78, 5) is 0. The first-order valence-electron chi connectivity index (χ1n) is 6.67. The van der Waals surface area contributed by atoms with Crippen molar-refractivity contribution in [2.24, 2.45) is 0 Å². The minimum atomic E-state index is -0.490. The summed E-state index contributed by atoms with van der Waals surface area (Å²) in [5.41, 5.74) is 7.14. The van der Waals surface area contributed by atoms with E-state index in [9.17, 15) is 4.39 Å². The molecule has 0 aliphatic heterocycles. The molecule has 0 amide bonds. The van der Waals surface area contributed by atoms with E-state index in [-0.39, 0.29) is 11.4 Å².